The number of methoxy groups -OCH3 is 2. The molecule has 3 rings (SSSR count). The summed E-state index contributed by atoms with van der Waals surface area (Å²) in [7, 11) is 3.05. The monoisotopic (exact) mass is 411 g/mol. The first kappa shape index (κ1) is 21.8. The minimum atomic E-state index is 0.00735. The van der Waals surface area contributed by atoms with Crippen molar-refractivity contribution >= 4 is 5.96 Å². The molecule has 2 aromatic carbocycles. The maximum atomic E-state index is 10.1. The minimum absolute atomic E-state index is 0.00735. The van der Waals surface area contributed by atoms with Crippen LogP contribution in [0.25, 0.3) is 0 Å². The van der Waals surface area contributed by atoms with E-state index in [1.165, 1.54) is 32.6 Å². The van der Waals surface area contributed by atoms with Crippen molar-refractivity contribution < 1.29 is 14.6 Å². The summed E-state index contributed by atoms with van der Waals surface area (Å²) in [5, 5.41) is 17.0. The highest BCUT2D eigenvalue weighted by Crippen LogP contribution is 2.37. The second-order valence-electron chi connectivity index (χ2n) is 7.65. The van der Waals surface area contributed by atoms with Gasteiger partial charge in [0.1, 0.15) is 0 Å². The fourth-order valence-electron chi connectivity index (χ4n) is 4.02. The highest BCUT2D eigenvalue weighted by molar-refractivity contribution is 5.80. The van der Waals surface area contributed by atoms with Crippen LogP contribution in [0.2, 0.25) is 0 Å². The topological polar surface area (TPSA) is 75.1 Å². The molecule has 0 radical (unpaired) electrons. The molecule has 1 saturated carbocycles. The molecule has 0 atom stereocenters. The van der Waals surface area contributed by atoms with Crippen molar-refractivity contribution in [3.05, 3.63) is 53.6 Å². The first-order chi connectivity index (χ1) is 14.6. The molecule has 0 spiro atoms. The van der Waals surface area contributed by atoms with Crippen molar-refractivity contribution in [2.24, 2.45) is 4.99 Å². The number of aromatic hydroxyl groups is 1. The predicted octanol–water partition coefficient (Wildman–Crippen LogP) is 4.19. The van der Waals surface area contributed by atoms with Gasteiger partial charge in [-0.15, -0.1) is 0 Å². The van der Waals surface area contributed by atoms with E-state index in [1.807, 2.05) is 0 Å². The lowest BCUT2D eigenvalue weighted by molar-refractivity contribution is 0.339. The summed E-state index contributed by atoms with van der Waals surface area (Å²) in [5.41, 5.74) is 2.36. The highest BCUT2D eigenvalue weighted by Gasteiger charge is 2.22. The van der Waals surface area contributed by atoms with E-state index in [0.717, 1.165) is 30.9 Å². The van der Waals surface area contributed by atoms with Crippen molar-refractivity contribution in [2.75, 3.05) is 20.8 Å². The van der Waals surface area contributed by atoms with Crippen LogP contribution in [0.5, 0.6) is 17.2 Å². The third-order valence-corrected chi connectivity index (χ3v) is 5.64. The van der Waals surface area contributed by atoms with Crippen LogP contribution in [0.4, 0.5) is 0 Å². The third kappa shape index (κ3) is 5.59. The maximum Gasteiger partial charge on any atom is 0.200 e. The first-order valence-corrected chi connectivity index (χ1v) is 10.7. The van der Waals surface area contributed by atoms with Gasteiger partial charge in [-0.2, -0.15) is 0 Å². The first-order valence-electron chi connectivity index (χ1n) is 10.7. The lowest BCUT2D eigenvalue weighted by Crippen LogP contribution is -2.44. The molecule has 162 valence electrons. The molecular formula is C24H33N3O3. The number of nitrogens with one attached hydrogen (secondary N) is 2. The number of ether oxygens (including phenoxy) is 2. The number of rotatable bonds is 7. The van der Waals surface area contributed by atoms with E-state index in [9.17, 15) is 5.11 Å². The molecule has 6 nitrogen and oxygen atoms in total. The van der Waals surface area contributed by atoms with Crippen LogP contribution in [-0.4, -0.2) is 37.9 Å². The van der Waals surface area contributed by atoms with Crippen LogP contribution in [0.1, 0.15) is 49.7 Å². The lowest BCUT2D eigenvalue weighted by Gasteiger charge is -2.30. The van der Waals surface area contributed by atoms with Crippen molar-refractivity contribution in [1.29, 1.82) is 0 Å². The lowest BCUT2D eigenvalue weighted by atomic mass is 9.82. The van der Waals surface area contributed by atoms with E-state index in [1.54, 1.807) is 12.1 Å². The summed E-state index contributed by atoms with van der Waals surface area (Å²) < 4.78 is 10.5. The molecule has 1 aliphatic carbocycles. The van der Waals surface area contributed by atoms with Crippen molar-refractivity contribution in [3.8, 4) is 17.2 Å². The van der Waals surface area contributed by atoms with Gasteiger partial charge in [-0.25, -0.2) is 4.99 Å². The molecule has 0 aliphatic heterocycles. The Labute approximate surface area is 179 Å². The summed E-state index contributed by atoms with van der Waals surface area (Å²) in [6.45, 7) is 3.32. The van der Waals surface area contributed by atoms with Gasteiger partial charge in [-0.3, -0.25) is 0 Å². The van der Waals surface area contributed by atoms with Gasteiger partial charge in [-0.05, 0) is 61.8 Å². The second-order valence-corrected chi connectivity index (χ2v) is 7.65. The van der Waals surface area contributed by atoms with Crippen molar-refractivity contribution in [1.82, 2.24) is 10.6 Å². The molecule has 3 N–H and O–H groups in total. The minimum Gasteiger partial charge on any atom is -0.502 e. The average Bonchev–Trinajstić information content (AvgIpc) is 2.79. The largest absolute Gasteiger partial charge is 0.502 e. The number of hydrogen-bond donors (Lipinski definition) is 3. The molecule has 1 aliphatic rings. The highest BCUT2D eigenvalue weighted by atomic mass is 16.5. The van der Waals surface area contributed by atoms with Crippen LogP contribution in [0, 0.1) is 0 Å². The van der Waals surface area contributed by atoms with E-state index in [2.05, 4.69) is 47.9 Å². The smallest absolute Gasteiger partial charge is 0.200 e. The Morgan fingerprint density at radius 3 is 2.23 bits per heavy atom. The molecule has 0 aromatic heterocycles. The zero-order chi connectivity index (χ0) is 21.3. The van der Waals surface area contributed by atoms with Gasteiger partial charge in [0.15, 0.2) is 17.5 Å². The normalized spacial score (nSPS) is 19.2. The Morgan fingerprint density at radius 1 is 1.03 bits per heavy atom. The number of guanidine groups is 1. The van der Waals surface area contributed by atoms with E-state index in [0.29, 0.717) is 30.0 Å². The Morgan fingerprint density at radius 2 is 1.67 bits per heavy atom. The van der Waals surface area contributed by atoms with E-state index < -0.39 is 0 Å². The van der Waals surface area contributed by atoms with Gasteiger partial charge < -0.3 is 25.2 Å². The third-order valence-electron chi connectivity index (χ3n) is 5.64. The zero-order valence-corrected chi connectivity index (χ0v) is 18.1. The Balaban J connectivity index is 1.62. The number of phenols is 1. The van der Waals surface area contributed by atoms with Gasteiger partial charge in [0.25, 0.3) is 0 Å². The molecule has 2 aromatic rings. The van der Waals surface area contributed by atoms with Gasteiger partial charge in [0.05, 0.1) is 20.8 Å². The zero-order valence-electron chi connectivity index (χ0n) is 18.1. The molecule has 0 bridgehead atoms. The molecule has 1 fully saturated rings. The molecule has 30 heavy (non-hydrogen) atoms. The number of nitrogens with zero attached hydrogens (tertiary/aromatic N) is 1. The maximum absolute atomic E-state index is 10.1. The van der Waals surface area contributed by atoms with E-state index >= 15 is 0 Å². The molecule has 0 amide bonds. The fraction of sp³-hybridized carbons (Fsp3) is 0.458. The van der Waals surface area contributed by atoms with Crippen molar-refractivity contribution in [3.63, 3.8) is 0 Å². The number of phenolic OH excluding ortho intramolecular Hbond substituents is 1. The van der Waals surface area contributed by atoms with Crippen LogP contribution in [-0.2, 0) is 6.54 Å². The molecule has 0 unspecified atom stereocenters. The quantitative estimate of drug-likeness (QED) is 0.471. The SMILES string of the molecule is CCNC(=NCc1cc(OC)c(O)c(OC)c1)NC1CCC(c2ccccc2)CC1. The Kier molecular flexibility index (Phi) is 7.82. The number of benzene rings is 2. The average molecular weight is 412 g/mol. The van der Waals surface area contributed by atoms with Gasteiger partial charge in [-0.1, -0.05) is 30.3 Å². The second kappa shape index (κ2) is 10.8. The summed E-state index contributed by atoms with van der Waals surface area (Å²) in [6, 6.07) is 14.8. The van der Waals surface area contributed by atoms with Crippen LogP contribution < -0.4 is 20.1 Å². The molecule has 0 saturated heterocycles. The summed E-state index contributed by atoms with van der Waals surface area (Å²) >= 11 is 0. The van der Waals surface area contributed by atoms with Gasteiger partial charge >= 0.3 is 0 Å². The Bertz CT molecular complexity index is 806. The molecule has 0 heterocycles. The van der Waals surface area contributed by atoms with E-state index in [4.69, 9.17) is 14.5 Å². The molecular weight excluding hydrogens is 378 g/mol. The summed E-state index contributed by atoms with van der Waals surface area (Å²) in [5.74, 6) is 2.24. The molecule has 6 heteroatoms. The summed E-state index contributed by atoms with van der Waals surface area (Å²) in [6.07, 6.45) is 4.64. The van der Waals surface area contributed by atoms with Crippen LogP contribution in [0.3, 0.4) is 0 Å². The van der Waals surface area contributed by atoms with Gasteiger partial charge in [0, 0.05) is 12.6 Å². The van der Waals surface area contributed by atoms with Crippen molar-refractivity contribution in [2.45, 2.75) is 51.1 Å². The van der Waals surface area contributed by atoms with Crippen LogP contribution in [0.15, 0.2) is 47.5 Å². The Hall–Kier alpha value is -2.89. The fourth-order valence-corrected chi connectivity index (χ4v) is 4.02. The van der Waals surface area contributed by atoms with Crippen LogP contribution >= 0.6 is 0 Å². The standard InChI is InChI=1S/C24H33N3O3/c1-4-25-24(26-16-17-14-21(29-2)23(28)22(15-17)30-3)27-20-12-10-19(11-13-20)18-8-6-5-7-9-18/h5-9,14-15,19-20,28H,4,10-13,16H2,1-3H3,(H2,25,26,27). The van der Waals surface area contributed by atoms with E-state index in [-0.39, 0.29) is 5.75 Å². The van der Waals surface area contributed by atoms with Gasteiger partial charge in [0.2, 0.25) is 5.75 Å². The number of hydrogen-bond acceptors (Lipinski definition) is 4. The number of aliphatic imine (C=N–C) groups is 1. The predicted molar refractivity (Wildman–Crippen MR) is 121 cm³/mol. The summed E-state index contributed by atoms with van der Waals surface area (Å²) in [4.78, 5) is 4.74.